The zero-order chi connectivity index (χ0) is 13.9. The molecule has 1 aliphatic heterocycles. The Kier molecular flexibility index (Phi) is 4.31. The molecule has 1 saturated heterocycles. The second kappa shape index (κ2) is 5.79. The normalized spacial score (nSPS) is 21.3. The zero-order valence-corrected chi connectivity index (χ0v) is 12.0. The maximum Gasteiger partial charge on any atom is 0.151 e. The quantitative estimate of drug-likeness (QED) is 0.873. The van der Waals surface area contributed by atoms with Crippen LogP contribution in [-0.4, -0.2) is 40.2 Å². The highest BCUT2D eigenvalue weighted by Crippen LogP contribution is 2.24. The Balaban J connectivity index is 2.00. The summed E-state index contributed by atoms with van der Waals surface area (Å²) in [6, 6.07) is 5.65. The number of benzene rings is 1. The maximum atomic E-state index is 11.4. The first-order chi connectivity index (χ1) is 9.04. The molecule has 0 unspecified atom stereocenters. The summed E-state index contributed by atoms with van der Waals surface area (Å²) in [5.74, 6) is 1.99. The van der Waals surface area contributed by atoms with E-state index in [-0.39, 0.29) is 17.5 Å². The van der Waals surface area contributed by atoms with Crippen molar-refractivity contribution in [2.45, 2.75) is 19.0 Å². The lowest BCUT2D eigenvalue weighted by atomic mass is 10.1. The van der Waals surface area contributed by atoms with Crippen molar-refractivity contribution in [3.05, 3.63) is 23.8 Å². The molecule has 0 bridgehead atoms. The molecule has 1 heterocycles. The molecule has 5 nitrogen and oxygen atoms in total. The molecular weight excluding hydrogens is 266 g/mol. The van der Waals surface area contributed by atoms with Gasteiger partial charge in [-0.2, -0.15) is 0 Å². The summed E-state index contributed by atoms with van der Waals surface area (Å²) >= 11 is 0. The summed E-state index contributed by atoms with van der Waals surface area (Å²) in [4.78, 5) is 0. The van der Waals surface area contributed by atoms with Crippen LogP contribution in [0.2, 0.25) is 0 Å². The second-order valence-corrected chi connectivity index (χ2v) is 6.89. The number of methoxy groups -OCH3 is 2. The monoisotopic (exact) mass is 285 g/mol. The Labute approximate surface area is 113 Å². The van der Waals surface area contributed by atoms with Gasteiger partial charge in [0.15, 0.2) is 9.84 Å². The van der Waals surface area contributed by atoms with Gasteiger partial charge in [0.25, 0.3) is 0 Å². The van der Waals surface area contributed by atoms with E-state index in [2.05, 4.69) is 5.32 Å². The van der Waals surface area contributed by atoms with Crippen molar-refractivity contribution in [1.29, 1.82) is 0 Å². The van der Waals surface area contributed by atoms with Crippen LogP contribution in [0.4, 0.5) is 0 Å². The number of hydrogen-bond donors (Lipinski definition) is 1. The molecule has 19 heavy (non-hydrogen) atoms. The molecule has 0 aromatic heterocycles. The van der Waals surface area contributed by atoms with Gasteiger partial charge in [0.2, 0.25) is 0 Å². The SMILES string of the molecule is COc1ccc(CN[C@H]2CCS(=O)(=O)C2)c(OC)c1. The molecule has 0 radical (unpaired) electrons. The van der Waals surface area contributed by atoms with Crippen molar-refractivity contribution >= 4 is 9.84 Å². The first-order valence-electron chi connectivity index (χ1n) is 6.19. The van der Waals surface area contributed by atoms with Crippen molar-refractivity contribution in [3.8, 4) is 11.5 Å². The molecule has 0 spiro atoms. The molecule has 1 atom stereocenters. The number of nitrogens with one attached hydrogen (secondary N) is 1. The molecule has 2 rings (SSSR count). The highest BCUT2D eigenvalue weighted by Gasteiger charge is 2.27. The van der Waals surface area contributed by atoms with E-state index in [9.17, 15) is 8.42 Å². The Hall–Kier alpha value is -1.27. The van der Waals surface area contributed by atoms with Crippen LogP contribution >= 0.6 is 0 Å². The predicted octanol–water partition coefficient (Wildman–Crippen LogP) is 0.980. The van der Waals surface area contributed by atoms with Gasteiger partial charge >= 0.3 is 0 Å². The molecule has 0 saturated carbocycles. The van der Waals surface area contributed by atoms with E-state index in [1.807, 2.05) is 18.2 Å². The standard InChI is InChI=1S/C13H19NO4S/c1-17-12-4-3-10(13(7-12)18-2)8-14-11-5-6-19(15,16)9-11/h3-4,7,11,14H,5-6,8-9H2,1-2H3/t11-/m0/s1. The smallest absolute Gasteiger partial charge is 0.151 e. The Morgan fingerprint density at radius 2 is 2.11 bits per heavy atom. The third-order valence-corrected chi connectivity index (χ3v) is 5.08. The van der Waals surface area contributed by atoms with E-state index in [4.69, 9.17) is 9.47 Å². The first-order valence-corrected chi connectivity index (χ1v) is 8.01. The van der Waals surface area contributed by atoms with Crippen molar-refractivity contribution in [3.63, 3.8) is 0 Å². The van der Waals surface area contributed by atoms with Gasteiger partial charge in [-0.05, 0) is 12.5 Å². The van der Waals surface area contributed by atoms with Crippen LogP contribution in [0.1, 0.15) is 12.0 Å². The van der Waals surface area contributed by atoms with Gasteiger partial charge in [0.1, 0.15) is 11.5 Å². The minimum atomic E-state index is -2.84. The number of rotatable bonds is 5. The Morgan fingerprint density at radius 1 is 1.32 bits per heavy atom. The van der Waals surface area contributed by atoms with E-state index in [1.54, 1.807) is 14.2 Å². The van der Waals surface area contributed by atoms with Gasteiger partial charge in [-0.25, -0.2) is 8.42 Å². The first kappa shape index (κ1) is 14.1. The highest BCUT2D eigenvalue weighted by molar-refractivity contribution is 7.91. The molecule has 1 aromatic rings. The van der Waals surface area contributed by atoms with Crippen LogP contribution in [0.3, 0.4) is 0 Å². The van der Waals surface area contributed by atoms with E-state index in [0.29, 0.717) is 13.0 Å². The van der Waals surface area contributed by atoms with Gasteiger partial charge in [-0.3, -0.25) is 0 Å². The van der Waals surface area contributed by atoms with Crippen LogP contribution in [0.25, 0.3) is 0 Å². The lowest BCUT2D eigenvalue weighted by Crippen LogP contribution is -2.29. The van der Waals surface area contributed by atoms with Crippen molar-refractivity contribution in [2.24, 2.45) is 0 Å². The average molecular weight is 285 g/mol. The fraction of sp³-hybridized carbons (Fsp3) is 0.538. The third kappa shape index (κ3) is 3.61. The highest BCUT2D eigenvalue weighted by atomic mass is 32.2. The summed E-state index contributed by atoms with van der Waals surface area (Å²) in [6.07, 6.45) is 0.681. The second-order valence-electron chi connectivity index (χ2n) is 4.66. The summed E-state index contributed by atoms with van der Waals surface area (Å²) in [7, 11) is 0.377. The molecule has 0 aliphatic carbocycles. The van der Waals surface area contributed by atoms with Gasteiger partial charge < -0.3 is 14.8 Å². The van der Waals surface area contributed by atoms with E-state index >= 15 is 0 Å². The molecule has 1 N–H and O–H groups in total. The average Bonchev–Trinajstić information content (AvgIpc) is 2.75. The van der Waals surface area contributed by atoms with E-state index in [0.717, 1.165) is 17.1 Å². The molecule has 1 aliphatic rings. The van der Waals surface area contributed by atoms with Crippen molar-refractivity contribution in [2.75, 3.05) is 25.7 Å². The van der Waals surface area contributed by atoms with E-state index < -0.39 is 9.84 Å². The van der Waals surface area contributed by atoms with Crippen LogP contribution in [0.15, 0.2) is 18.2 Å². The van der Waals surface area contributed by atoms with Gasteiger partial charge in [0.05, 0.1) is 25.7 Å². The summed E-state index contributed by atoms with van der Waals surface area (Å²) in [6.45, 7) is 0.591. The number of sulfone groups is 1. The summed E-state index contributed by atoms with van der Waals surface area (Å²) in [5, 5.41) is 3.27. The maximum absolute atomic E-state index is 11.4. The van der Waals surface area contributed by atoms with Gasteiger partial charge in [-0.1, -0.05) is 6.07 Å². The minimum absolute atomic E-state index is 0.0387. The molecule has 0 amide bonds. The predicted molar refractivity (Wildman–Crippen MR) is 73.4 cm³/mol. The van der Waals surface area contributed by atoms with Crippen molar-refractivity contribution < 1.29 is 17.9 Å². The summed E-state index contributed by atoms with van der Waals surface area (Å²) in [5.41, 5.74) is 0.993. The molecular formula is C13H19NO4S. The summed E-state index contributed by atoms with van der Waals surface area (Å²) < 4.78 is 33.2. The van der Waals surface area contributed by atoms with Gasteiger partial charge in [-0.15, -0.1) is 0 Å². The largest absolute Gasteiger partial charge is 0.497 e. The van der Waals surface area contributed by atoms with Crippen LogP contribution in [0, 0.1) is 0 Å². The zero-order valence-electron chi connectivity index (χ0n) is 11.2. The number of ether oxygens (including phenoxy) is 2. The lowest BCUT2D eigenvalue weighted by Gasteiger charge is -2.14. The van der Waals surface area contributed by atoms with E-state index in [1.165, 1.54) is 0 Å². The fourth-order valence-corrected chi connectivity index (χ4v) is 3.92. The van der Waals surface area contributed by atoms with Gasteiger partial charge in [0, 0.05) is 24.2 Å². The Bertz CT molecular complexity index is 542. The van der Waals surface area contributed by atoms with Crippen LogP contribution in [-0.2, 0) is 16.4 Å². The van der Waals surface area contributed by atoms with Crippen LogP contribution in [0.5, 0.6) is 11.5 Å². The molecule has 1 fully saturated rings. The minimum Gasteiger partial charge on any atom is -0.497 e. The third-order valence-electron chi connectivity index (χ3n) is 3.31. The van der Waals surface area contributed by atoms with Crippen LogP contribution < -0.4 is 14.8 Å². The molecule has 106 valence electrons. The van der Waals surface area contributed by atoms with Crippen molar-refractivity contribution in [1.82, 2.24) is 5.32 Å². The Morgan fingerprint density at radius 3 is 2.68 bits per heavy atom. The topological polar surface area (TPSA) is 64.6 Å². The number of hydrogen-bond acceptors (Lipinski definition) is 5. The molecule has 6 heteroatoms. The fourth-order valence-electron chi connectivity index (χ4n) is 2.21. The lowest BCUT2D eigenvalue weighted by molar-refractivity contribution is 0.389. The molecule has 1 aromatic carbocycles.